The van der Waals surface area contributed by atoms with Gasteiger partial charge in [0.25, 0.3) is 5.89 Å². The summed E-state index contributed by atoms with van der Waals surface area (Å²) in [5.74, 6) is 2.11. The second kappa shape index (κ2) is 6.85. The lowest BCUT2D eigenvalue weighted by Crippen LogP contribution is -2.27. The summed E-state index contributed by atoms with van der Waals surface area (Å²) in [5, 5.41) is 8.98. The maximum Gasteiger partial charge on any atom is 0.276 e. The maximum absolute atomic E-state index is 5.69. The zero-order chi connectivity index (χ0) is 19.3. The van der Waals surface area contributed by atoms with Gasteiger partial charge in [-0.15, -0.1) is 0 Å². The molecule has 0 bridgehead atoms. The molecule has 2 fully saturated rings. The molecule has 2 aliphatic rings. The van der Waals surface area contributed by atoms with Gasteiger partial charge in [-0.1, -0.05) is 49.3 Å². The number of benzene rings is 1. The first-order valence-corrected chi connectivity index (χ1v) is 10.3. The Morgan fingerprint density at radius 2 is 2.00 bits per heavy atom. The Hall–Kier alpha value is -2.47. The molecule has 5 rings (SSSR count). The fraction of sp³-hybridized carbons (Fsp3) is 0.500. The summed E-state index contributed by atoms with van der Waals surface area (Å²) in [6, 6.07) is 13.9. The lowest BCUT2D eigenvalue weighted by atomic mass is 9.94. The van der Waals surface area contributed by atoms with E-state index in [4.69, 9.17) is 9.51 Å². The van der Waals surface area contributed by atoms with Crippen molar-refractivity contribution in [1.82, 2.24) is 24.8 Å². The van der Waals surface area contributed by atoms with E-state index in [1.807, 2.05) is 11.7 Å². The highest BCUT2D eigenvalue weighted by Gasteiger charge is 2.46. The lowest BCUT2D eigenvalue weighted by molar-refractivity contribution is 0.243. The van der Waals surface area contributed by atoms with Crippen LogP contribution in [0.2, 0.25) is 0 Å². The standard InChI is InChI=1S/C22H27N5O/c1-14(2)17-13-20(26(3)24-17)22-23-21(25-28-22)16-12-19(15-8-5-4-6-9-15)27-11-7-10-18(16)27/h4-6,8-9,13-14,16,18-19H,7,10-12H2,1-3H3/t16-,18+,19-/m0/s1. The monoisotopic (exact) mass is 377 g/mol. The number of hydrogen-bond acceptors (Lipinski definition) is 5. The molecule has 4 heterocycles. The number of aryl methyl sites for hydroxylation is 1. The molecule has 3 atom stereocenters. The Morgan fingerprint density at radius 3 is 2.75 bits per heavy atom. The minimum absolute atomic E-state index is 0.322. The van der Waals surface area contributed by atoms with E-state index in [2.05, 4.69) is 65.4 Å². The highest BCUT2D eigenvalue weighted by atomic mass is 16.5. The Morgan fingerprint density at radius 1 is 1.18 bits per heavy atom. The highest BCUT2D eigenvalue weighted by Crippen LogP contribution is 2.48. The molecule has 28 heavy (non-hydrogen) atoms. The van der Waals surface area contributed by atoms with Gasteiger partial charge in [-0.25, -0.2) is 0 Å². The van der Waals surface area contributed by atoms with Crippen LogP contribution in [0.5, 0.6) is 0 Å². The average molecular weight is 377 g/mol. The maximum atomic E-state index is 5.69. The predicted molar refractivity (Wildman–Crippen MR) is 107 cm³/mol. The van der Waals surface area contributed by atoms with E-state index < -0.39 is 0 Å². The lowest BCUT2D eigenvalue weighted by Gasteiger charge is -2.24. The molecule has 2 aliphatic heterocycles. The Balaban J connectivity index is 1.44. The number of fused-ring (bicyclic) bond motifs is 1. The zero-order valence-electron chi connectivity index (χ0n) is 16.7. The molecule has 0 saturated carbocycles. The van der Waals surface area contributed by atoms with Crippen molar-refractivity contribution in [3.63, 3.8) is 0 Å². The minimum Gasteiger partial charge on any atom is -0.332 e. The van der Waals surface area contributed by atoms with Gasteiger partial charge in [0, 0.05) is 25.0 Å². The molecule has 0 radical (unpaired) electrons. The van der Waals surface area contributed by atoms with Crippen LogP contribution >= 0.6 is 0 Å². The van der Waals surface area contributed by atoms with E-state index in [9.17, 15) is 0 Å². The molecule has 0 aliphatic carbocycles. The topological polar surface area (TPSA) is 60.0 Å². The molecule has 3 aromatic rings. The van der Waals surface area contributed by atoms with Crippen molar-refractivity contribution in [1.29, 1.82) is 0 Å². The molecule has 0 spiro atoms. The van der Waals surface area contributed by atoms with Crippen LogP contribution in [0.25, 0.3) is 11.6 Å². The Bertz CT molecular complexity index is 960. The Labute approximate surface area is 165 Å². The van der Waals surface area contributed by atoms with Crippen molar-refractivity contribution in [3.8, 4) is 11.6 Å². The first kappa shape index (κ1) is 17.6. The molecule has 0 unspecified atom stereocenters. The molecule has 6 nitrogen and oxygen atoms in total. The SMILES string of the molecule is CC(C)c1cc(-c2nc([C@H]3C[C@@H](c4ccccc4)N4CCC[C@H]34)no2)n(C)n1. The van der Waals surface area contributed by atoms with Crippen LogP contribution in [0.3, 0.4) is 0 Å². The first-order chi connectivity index (χ1) is 13.6. The van der Waals surface area contributed by atoms with E-state index in [-0.39, 0.29) is 0 Å². The third-order valence-electron chi connectivity index (χ3n) is 6.35. The predicted octanol–water partition coefficient (Wildman–Crippen LogP) is 4.29. The van der Waals surface area contributed by atoms with Crippen LogP contribution in [0.15, 0.2) is 40.9 Å². The zero-order valence-corrected chi connectivity index (χ0v) is 16.7. The van der Waals surface area contributed by atoms with Gasteiger partial charge in [0.05, 0.1) is 5.69 Å². The Kier molecular flexibility index (Phi) is 4.31. The number of hydrogen-bond donors (Lipinski definition) is 0. The summed E-state index contributed by atoms with van der Waals surface area (Å²) in [4.78, 5) is 7.47. The van der Waals surface area contributed by atoms with Gasteiger partial charge in [0.15, 0.2) is 5.82 Å². The van der Waals surface area contributed by atoms with E-state index in [0.29, 0.717) is 29.8 Å². The van der Waals surface area contributed by atoms with E-state index in [0.717, 1.165) is 30.2 Å². The minimum atomic E-state index is 0.322. The van der Waals surface area contributed by atoms with Gasteiger partial charge in [-0.3, -0.25) is 9.58 Å². The van der Waals surface area contributed by atoms with Gasteiger partial charge in [0.2, 0.25) is 0 Å². The second-order valence-corrected chi connectivity index (χ2v) is 8.41. The van der Waals surface area contributed by atoms with Crippen LogP contribution in [-0.2, 0) is 7.05 Å². The molecule has 0 N–H and O–H groups in total. The smallest absolute Gasteiger partial charge is 0.276 e. The van der Waals surface area contributed by atoms with Crippen LogP contribution in [-0.4, -0.2) is 37.4 Å². The van der Waals surface area contributed by atoms with Crippen molar-refractivity contribution >= 4 is 0 Å². The van der Waals surface area contributed by atoms with Crippen molar-refractivity contribution < 1.29 is 4.52 Å². The van der Waals surface area contributed by atoms with Crippen molar-refractivity contribution in [2.75, 3.05) is 6.54 Å². The molecule has 1 aromatic carbocycles. The van der Waals surface area contributed by atoms with Crippen molar-refractivity contribution in [2.45, 2.75) is 57.0 Å². The fourth-order valence-corrected chi connectivity index (χ4v) is 4.91. The summed E-state index contributed by atoms with van der Waals surface area (Å²) in [6.45, 7) is 5.44. The van der Waals surface area contributed by atoms with Crippen LogP contribution < -0.4 is 0 Å². The van der Waals surface area contributed by atoms with Crippen molar-refractivity contribution in [3.05, 3.63) is 53.5 Å². The summed E-state index contributed by atoms with van der Waals surface area (Å²) in [6.07, 6.45) is 3.51. The number of aromatic nitrogens is 4. The largest absolute Gasteiger partial charge is 0.332 e. The third kappa shape index (κ3) is 2.87. The van der Waals surface area contributed by atoms with Crippen LogP contribution in [0.4, 0.5) is 0 Å². The molecule has 6 heteroatoms. The number of nitrogens with zero attached hydrogens (tertiary/aromatic N) is 5. The third-order valence-corrected chi connectivity index (χ3v) is 6.35. The van der Waals surface area contributed by atoms with Gasteiger partial charge in [-0.2, -0.15) is 10.1 Å². The molecule has 2 saturated heterocycles. The van der Waals surface area contributed by atoms with Gasteiger partial charge < -0.3 is 4.52 Å². The van der Waals surface area contributed by atoms with E-state index >= 15 is 0 Å². The van der Waals surface area contributed by atoms with Crippen LogP contribution in [0, 0.1) is 0 Å². The van der Waals surface area contributed by atoms with Crippen molar-refractivity contribution in [2.24, 2.45) is 7.05 Å². The summed E-state index contributed by atoms with van der Waals surface area (Å²) < 4.78 is 7.53. The first-order valence-electron chi connectivity index (χ1n) is 10.3. The highest BCUT2D eigenvalue weighted by molar-refractivity contribution is 5.48. The summed E-state index contributed by atoms with van der Waals surface area (Å²) in [7, 11) is 1.94. The number of rotatable bonds is 4. The quantitative estimate of drug-likeness (QED) is 0.679. The normalized spacial score (nSPS) is 24.9. The second-order valence-electron chi connectivity index (χ2n) is 8.41. The van der Waals surface area contributed by atoms with Crippen LogP contribution in [0.1, 0.15) is 68.1 Å². The molecular formula is C22H27N5O. The summed E-state index contributed by atoms with van der Waals surface area (Å²) in [5.41, 5.74) is 3.33. The molecule has 0 amide bonds. The molecule has 146 valence electrons. The average Bonchev–Trinajstić information content (AvgIpc) is 3.45. The van der Waals surface area contributed by atoms with E-state index in [1.165, 1.54) is 18.4 Å². The fourth-order valence-electron chi connectivity index (χ4n) is 4.91. The summed E-state index contributed by atoms with van der Waals surface area (Å²) >= 11 is 0. The molecular weight excluding hydrogens is 350 g/mol. The molecule has 2 aromatic heterocycles. The van der Waals surface area contributed by atoms with E-state index in [1.54, 1.807) is 0 Å². The van der Waals surface area contributed by atoms with Gasteiger partial charge in [0.1, 0.15) is 5.69 Å². The van der Waals surface area contributed by atoms with Gasteiger partial charge in [-0.05, 0) is 43.4 Å². The van der Waals surface area contributed by atoms with Gasteiger partial charge >= 0.3 is 0 Å².